The molecule has 8 N–H and O–H groups in total. The van der Waals surface area contributed by atoms with Crippen molar-refractivity contribution in [2.75, 3.05) is 12.0 Å². The molecule has 4 atom stereocenters. The molecule has 0 fully saturated rings. The molecule has 0 spiro atoms. The minimum Gasteiger partial charge on any atom is -0.480 e. The van der Waals surface area contributed by atoms with Crippen molar-refractivity contribution in [2.45, 2.75) is 57.3 Å². The third kappa shape index (κ3) is 10.8. The summed E-state index contributed by atoms with van der Waals surface area (Å²) in [5.74, 6) is -4.09. The van der Waals surface area contributed by atoms with Crippen molar-refractivity contribution in [1.29, 1.82) is 0 Å². The number of hydrogen-bond donors (Lipinski definition) is 6. The summed E-state index contributed by atoms with van der Waals surface area (Å²) in [6.45, 7) is 3.33. The number of hydrogen-bond acceptors (Lipinski definition) is 7. The average molecular weight is 510 g/mol. The number of nitrogens with two attached hydrogens (primary N) is 2. The van der Waals surface area contributed by atoms with Crippen LogP contribution in [-0.4, -0.2) is 70.9 Å². The molecule has 194 valence electrons. The van der Waals surface area contributed by atoms with Crippen molar-refractivity contribution >= 4 is 41.4 Å². The topological polar surface area (TPSA) is 194 Å². The van der Waals surface area contributed by atoms with Gasteiger partial charge in [-0.3, -0.25) is 19.2 Å². The molecule has 0 aromatic heterocycles. The molecular formula is C23H35N5O6S. The van der Waals surface area contributed by atoms with E-state index in [0.717, 1.165) is 5.56 Å². The van der Waals surface area contributed by atoms with Gasteiger partial charge in [0.15, 0.2) is 0 Å². The third-order valence-electron chi connectivity index (χ3n) is 5.15. The first-order valence-corrected chi connectivity index (χ1v) is 12.6. The van der Waals surface area contributed by atoms with Crippen LogP contribution in [0, 0.1) is 5.92 Å². The lowest BCUT2D eigenvalue weighted by molar-refractivity contribution is -0.142. The highest BCUT2D eigenvalue weighted by Crippen LogP contribution is 2.08. The van der Waals surface area contributed by atoms with Gasteiger partial charge in [0, 0.05) is 0 Å². The molecule has 12 heteroatoms. The molecule has 0 radical (unpaired) electrons. The molecule has 1 aromatic rings. The molecule has 35 heavy (non-hydrogen) atoms. The lowest BCUT2D eigenvalue weighted by Gasteiger charge is -2.26. The maximum Gasteiger partial charge on any atom is 0.326 e. The minimum absolute atomic E-state index is 0.209. The highest BCUT2D eigenvalue weighted by molar-refractivity contribution is 7.98. The first kappa shape index (κ1) is 29.9. The number of benzene rings is 1. The number of carbonyl (C=O) groups is 5. The van der Waals surface area contributed by atoms with E-state index in [0.29, 0.717) is 5.75 Å². The first-order chi connectivity index (χ1) is 16.5. The highest BCUT2D eigenvalue weighted by atomic mass is 32.2. The Labute approximate surface area is 209 Å². The summed E-state index contributed by atoms with van der Waals surface area (Å²) in [5.41, 5.74) is 12.0. The van der Waals surface area contributed by atoms with Gasteiger partial charge in [0.05, 0.1) is 12.5 Å². The van der Waals surface area contributed by atoms with Gasteiger partial charge in [-0.2, -0.15) is 11.8 Å². The number of primary amides is 1. The zero-order valence-corrected chi connectivity index (χ0v) is 21.0. The van der Waals surface area contributed by atoms with E-state index in [-0.39, 0.29) is 12.8 Å². The monoisotopic (exact) mass is 509 g/mol. The van der Waals surface area contributed by atoms with E-state index in [1.54, 1.807) is 38.1 Å². The van der Waals surface area contributed by atoms with Crippen LogP contribution in [0.25, 0.3) is 0 Å². The van der Waals surface area contributed by atoms with E-state index in [1.807, 2.05) is 12.3 Å². The Morgan fingerprint density at radius 1 is 0.943 bits per heavy atom. The fraction of sp³-hybridized carbons (Fsp3) is 0.522. The summed E-state index contributed by atoms with van der Waals surface area (Å²) in [5, 5.41) is 16.7. The van der Waals surface area contributed by atoms with E-state index < -0.39 is 66.1 Å². The first-order valence-electron chi connectivity index (χ1n) is 11.2. The average Bonchev–Trinajstić information content (AvgIpc) is 2.79. The summed E-state index contributed by atoms with van der Waals surface area (Å²) in [4.78, 5) is 61.3. The molecule has 11 nitrogen and oxygen atoms in total. The number of thioether (sulfide) groups is 1. The third-order valence-corrected chi connectivity index (χ3v) is 5.79. The lowest BCUT2D eigenvalue weighted by atomic mass is 10.0. The van der Waals surface area contributed by atoms with E-state index in [9.17, 15) is 29.1 Å². The zero-order chi connectivity index (χ0) is 26.5. The van der Waals surface area contributed by atoms with Crippen molar-refractivity contribution in [3.63, 3.8) is 0 Å². The van der Waals surface area contributed by atoms with Crippen LogP contribution in [0.2, 0.25) is 0 Å². The maximum absolute atomic E-state index is 12.9. The van der Waals surface area contributed by atoms with Crippen molar-refractivity contribution in [2.24, 2.45) is 17.4 Å². The fourth-order valence-electron chi connectivity index (χ4n) is 3.19. The number of carboxylic acids is 1. The molecule has 1 rings (SSSR count). The molecule has 0 aliphatic heterocycles. The molecule has 0 aliphatic rings. The number of amides is 4. The van der Waals surface area contributed by atoms with Gasteiger partial charge >= 0.3 is 5.97 Å². The molecule has 0 heterocycles. The van der Waals surface area contributed by atoms with Gasteiger partial charge in [-0.25, -0.2) is 4.79 Å². The number of nitrogens with one attached hydrogen (secondary N) is 3. The van der Waals surface area contributed by atoms with Crippen molar-refractivity contribution in [3.8, 4) is 0 Å². The Morgan fingerprint density at radius 3 is 2.06 bits per heavy atom. The van der Waals surface area contributed by atoms with Gasteiger partial charge in [0.2, 0.25) is 23.6 Å². The Bertz CT molecular complexity index is 882. The summed E-state index contributed by atoms with van der Waals surface area (Å²) in [6, 6.07) is 4.46. The molecule has 0 saturated carbocycles. The number of rotatable bonds is 15. The largest absolute Gasteiger partial charge is 0.480 e. The number of aliphatic carboxylic acids is 1. The van der Waals surface area contributed by atoms with Crippen LogP contribution in [-0.2, 0) is 30.4 Å². The highest BCUT2D eigenvalue weighted by Gasteiger charge is 2.32. The Morgan fingerprint density at radius 2 is 1.54 bits per heavy atom. The summed E-state index contributed by atoms with van der Waals surface area (Å²) >= 11 is 1.44. The summed E-state index contributed by atoms with van der Waals surface area (Å²) in [7, 11) is 0. The number of carboxylic acid groups (broad SMARTS) is 1. The van der Waals surface area contributed by atoms with E-state index in [1.165, 1.54) is 11.8 Å². The minimum atomic E-state index is -1.36. The van der Waals surface area contributed by atoms with Gasteiger partial charge in [-0.05, 0) is 36.3 Å². The summed E-state index contributed by atoms with van der Waals surface area (Å²) < 4.78 is 0. The van der Waals surface area contributed by atoms with Crippen LogP contribution < -0.4 is 27.4 Å². The van der Waals surface area contributed by atoms with Crippen LogP contribution in [0.3, 0.4) is 0 Å². The fourth-order valence-corrected chi connectivity index (χ4v) is 3.66. The molecule has 0 bridgehead atoms. The normalized spacial score (nSPS) is 14.3. The Balaban J connectivity index is 2.91. The summed E-state index contributed by atoms with van der Waals surface area (Å²) in [6.07, 6.45) is 1.73. The van der Waals surface area contributed by atoms with E-state index >= 15 is 0 Å². The second-order valence-corrected chi connectivity index (χ2v) is 9.42. The molecule has 4 unspecified atom stereocenters. The Hall–Kier alpha value is -3.12. The van der Waals surface area contributed by atoms with Crippen molar-refractivity contribution in [3.05, 3.63) is 35.9 Å². The predicted molar refractivity (Wildman–Crippen MR) is 133 cm³/mol. The second kappa shape index (κ2) is 15.0. The molecule has 0 saturated heterocycles. The van der Waals surface area contributed by atoms with E-state index in [2.05, 4.69) is 16.0 Å². The lowest BCUT2D eigenvalue weighted by Crippen LogP contribution is -2.59. The van der Waals surface area contributed by atoms with Crippen molar-refractivity contribution in [1.82, 2.24) is 16.0 Å². The van der Waals surface area contributed by atoms with Gasteiger partial charge in [0.25, 0.3) is 0 Å². The molecule has 0 aliphatic carbocycles. The quantitative estimate of drug-likeness (QED) is 0.180. The van der Waals surface area contributed by atoms with Crippen molar-refractivity contribution < 1.29 is 29.1 Å². The molecular weight excluding hydrogens is 474 g/mol. The predicted octanol–water partition coefficient (Wildman–Crippen LogP) is -0.620. The standard InChI is InChI=1S/C23H35N5O6S/c1-13(2)19(22(32)26-16(23(33)34)9-10-35-3)28-21(31)17(12-18(25)29)27-20(30)15(24)11-14-7-5-4-6-8-14/h4-8,13,15-17,19H,9-12,24H2,1-3H3,(H2,25,29)(H,26,32)(H,27,30)(H,28,31)(H,33,34). The van der Waals surface area contributed by atoms with E-state index in [4.69, 9.17) is 11.5 Å². The SMILES string of the molecule is CSCCC(NC(=O)C(NC(=O)C(CC(N)=O)NC(=O)C(N)Cc1ccccc1)C(C)C)C(=O)O. The second-order valence-electron chi connectivity index (χ2n) is 8.44. The molecule has 1 aromatic carbocycles. The maximum atomic E-state index is 12.9. The smallest absolute Gasteiger partial charge is 0.326 e. The van der Waals surface area contributed by atoms with Crippen LogP contribution in [0.15, 0.2) is 30.3 Å². The van der Waals surface area contributed by atoms with Crippen LogP contribution in [0.1, 0.15) is 32.3 Å². The zero-order valence-electron chi connectivity index (χ0n) is 20.2. The Kier molecular flexibility index (Phi) is 12.8. The van der Waals surface area contributed by atoms with Crippen LogP contribution >= 0.6 is 11.8 Å². The van der Waals surface area contributed by atoms with Gasteiger partial charge < -0.3 is 32.5 Å². The van der Waals surface area contributed by atoms with Gasteiger partial charge in [-0.1, -0.05) is 44.2 Å². The van der Waals surface area contributed by atoms with Gasteiger partial charge in [-0.15, -0.1) is 0 Å². The van der Waals surface area contributed by atoms with Crippen LogP contribution in [0.4, 0.5) is 0 Å². The van der Waals surface area contributed by atoms with Gasteiger partial charge in [0.1, 0.15) is 18.1 Å². The number of carbonyl (C=O) groups excluding carboxylic acids is 4. The van der Waals surface area contributed by atoms with Crippen LogP contribution in [0.5, 0.6) is 0 Å². The molecule has 4 amide bonds.